The maximum absolute atomic E-state index is 13.8. The highest BCUT2D eigenvalue weighted by Gasteiger charge is 2.26. The molecule has 0 unspecified atom stereocenters. The predicted octanol–water partition coefficient (Wildman–Crippen LogP) is 13.4. The smallest absolute Gasteiger partial charge is 0.251 e. The van der Waals surface area contributed by atoms with Crippen LogP contribution in [0.4, 0.5) is 11.4 Å². The number of nitrogens with one attached hydrogen (secondary N) is 7. The molecule has 0 aliphatic carbocycles. The van der Waals surface area contributed by atoms with Gasteiger partial charge in [0.25, 0.3) is 23.6 Å². The maximum atomic E-state index is 13.8. The largest absolute Gasteiger partial charge is 0.381 e. The second kappa shape index (κ2) is 41.5. The van der Waals surface area contributed by atoms with Gasteiger partial charge in [-0.1, -0.05) is 94.1 Å². The molecule has 7 N–H and O–H groups in total. The molecule has 23 nitrogen and oxygen atoms in total. The number of amides is 4. The second-order valence-electron chi connectivity index (χ2n) is 30.1. The van der Waals surface area contributed by atoms with Gasteiger partial charge in [-0.25, -0.2) is 19.3 Å². The summed E-state index contributed by atoms with van der Waals surface area (Å²) >= 11 is 0. The fourth-order valence-electron chi connectivity index (χ4n) is 15.3. The molecule has 4 aromatic heterocycles. The zero-order valence-corrected chi connectivity index (χ0v) is 67.1. The number of aldehydes is 1. The van der Waals surface area contributed by atoms with Crippen molar-refractivity contribution < 1.29 is 33.4 Å². The molecule has 602 valence electrons. The average Bonchev–Trinajstić information content (AvgIpc) is 1.57. The molecule has 0 radical (unpaired) electrons. The van der Waals surface area contributed by atoms with Crippen molar-refractivity contribution in [3.05, 3.63) is 224 Å². The molecule has 0 bridgehead atoms. The van der Waals surface area contributed by atoms with Crippen LogP contribution >= 0.6 is 0 Å². The minimum absolute atomic E-state index is 0. The molecule has 114 heavy (non-hydrogen) atoms. The normalized spacial score (nSPS) is 15.2. The van der Waals surface area contributed by atoms with Crippen molar-refractivity contribution in [1.29, 1.82) is 0 Å². The number of benzene rings is 6. The molecule has 8 heterocycles. The van der Waals surface area contributed by atoms with Crippen LogP contribution in [-0.4, -0.2) is 179 Å². The fraction of sp³-hybridized carbons (Fsp3) is 0.418. The van der Waals surface area contributed by atoms with Crippen molar-refractivity contribution in [3.63, 3.8) is 0 Å². The van der Waals surface area contributed by atoms with Crippen molar-refractivity contribution in [3.8, 4) is 22.3 Å². The number of ether oxygens (including phenoxy) is 2. The number of hydrogen-bond acceptors (Lipinski definition) is 17. The molecule has 4 aliphatic heterocycles. The summed E-state index contributed by atoms with van der Waals surface area (Å²) in [5.41, 5.74) is 18.7. The van der Waals surface area contributed by atoms with Crippen LogP contribution in [0.15, 0.2) is 146 Å². The van der Waals surface area contributed by atoms with Crippen molar-refractivity contribution in [2.75, 3.05) is 104 Å². The standard InChI is InChI=1S/C45H56N8O3.C39H42N6O4.C6H14N2.CH4/c1-5-41-39(42(49-38-14-20-56-21-15-38)40-29-48-53(6-2)43(40)50-41)28-47-45(55)37-23-31(3)22-36(26-37)44(54)46-27-32-10-7-12-34(24-32)35-13-8-11-33(25-35)30-52-17-9-16-51(4)18-19-52;1-4-35-33(36(43-32-12-14-49-15-13-32)34-23-42-45(5-2)37(34)44-35)22-41-39(48)31-17-25(3)16-30(20-31)38(47)40-21-26-8-6-10-28(18-26)29-11-7-9-27(19-29)24-46;1-8-5-2-3-7-4-6-8;/h7-8,10-13,22-26,29,38H,5-6,9,14-21,27-28,30H2,1-4H3,(H,46,54)(H,47,55)(H,49,50);6-11,16-20,23-24,32H,4-5,12-15,21-22H2,1-3H3,(H,40,47)(H,41,48)(H,43,44);7H,2-6H2,1H3;1H4. The lowest BCUT2D eigenvalue weighted by Gasteiger charge is -2.26. The summed E-state index contributed by atoms with van der Waals surface area (Å²) in [6.07, 6.45) is 12.1. The highest BCUT2D eigenvalue weighted by atomic mass is 16.5. The average molecular weight is 1550 g/mol. The molecule has 6 aromatic carbocycles. The van der Waals surface area contributed by atoms with Gasteiger partial charge in [-0.05, 0) is 230 Å². The molecule has 4 saturated heterocycles. The molecular weight excluding hydrogens is 1430 g/mol. The van der Waals surface area contributed by atoms with Crippen molar-refractivity contribution in [2.45, 2.75) is 158 Å². The van der Waals surface area contributed by atoms with Crippen LogP contribution in [0.3, 0.4) is 0 Å². The van der Waals surface area contributed by atoms with Gasteiger partial charge in [0, 0.05) is 161 Å². The van der Waals surface area contributed by atoms with Gasteiger partial charge in [0.2, 0.25) is 0 Å². The van der Waals surface area contributed by atoms with Crippen LogP contribution in [0.1, 0.15) is 176 Å². The highest BCUT2D eigenvalue weighted by Crippen LogP contribution is 2.34. The van der Waals surface area contributed by atoms with Crippen molar-refractivity contribution in [2.24, 2.45) is 0 Å². The molecule has 23 heteroatoms. The Kier molecular flexibility index (Phi) is 30.7. The van der Waals surface area contributed by atoms with E-state index in [2.05, 4.69) is 133 Å². The van der Waals surface area contributed by atoms with Gasteiger partial charge in [0.1, 0.15) is 6.29 Å². The van der Waals surface area contributed by atoms with E-state index in [1.807, 2.05) is 109 Å². The third kappa shape index (κ3) is 22.5. The number of hydrogen-bond donors (Lipinski definition) is 7. The fourth-order valence-corrected chi connectivity index (χ4v) is 15.3. The Labute approximate surface area is 672 Å². The number of aromatic nitrogens is 6. The van der Waals surface area contributed by atoms with E-state index in [4.69, 9.17) is 19.4 Å². The third-order valence-corrected chi connectivity index (χ3v) is 21.6. The van der Waals surface area contributed by atoms with Crippen LogP contribution in [0.25, 0.3) is 44.3 Å². The number of fused-ring (bicyclic) bond motifs is 2. The number of carbonyl (C=O) groups is 5. The first kappa shape index (κ1) is 84.4. The monoisotopic (exact) mass is 1540 g/mol. The van der Waals surface area contributed by atoms with Gasteiger partial charge >= 0.3 is 0 Å². The number of carbonyl (C=O) groups excluding carboxylic acids is 5. The van der Waals surface area contributed by atoms with Gasteiger partial charge in [0.15, 0.2) is 11.3 Å². The number of nitrogens with zero attached hydrogens (tertiary/aromatic N) is 9. The second-order valence-corrected chi connectivity index (χ2v) is 30.1. The van der Waals surface area contributed by atoms with Crippen LogP contribution in [0.2, 0.25) is 0 Å². The molecule has 0 saturated carbocycles. The van der Waals surface area contributed by atoms with Gasteiger partial charge in [-0.15, -0.1) is 0 Å². The first-order valence-corrected chi connectivity index (χ1v) is 40.5. The Morgan fingerprint density at radius 1 is 0.482 bits per heavy atom. The van der Waals surface area contributed by atoms with Gasteiger partial charge in [0.05, 0.1) is 34.5 Å². The summed E-state index contributed by atoms with van der Waals surface area (Å²) in [5.74, 6) is -1.02. The van der Waals surface area contributed by atoms with Gasteiger partial charge in [-0.2, -0.15) is 10.2 Å². The van der Waals surface area contributed by atoms with E-state index in [1.165, 1.54) is 43.6 Å². The predicted molar refractivity (Wildman–Crippen MR) is 455 cm³/mol. The molecule has 4 aliphatic rings. The van der Waals surface area contributed by atoms with Crippen molar-refractivity contribution in [1.82, 2.24) is 70.8 Å². The molecule has 4 fully saturated rings. The molecule has 0 spiro atoms. The number of pyridine rings is 2. The summed E-state index contributed by atoms with van der Waals surface area (Å²) in [4.78, 5) is 82.8. The zero-order chi connectivity index (χ0) is 79.2. The van der Waals surface area contributed by atoms with E-state index in [0.29, 0.717) is 99.8 Å². The lowest BCUT2D eigenvalue weighted by atomic mass is 10.0. The quantitative estimate of drug-likeness (QED) is 0.0262. The Morgan fingerprint density at radius 3 is 1.36 bits per heavy atom. The van der Waals surface area contributed by atoms with Crippen LogP contribution in [-0.2, 0) is 68.1 Å². The van der Waals surface area contributed by atoms with E-state index in [9.17, 15) is 24.0 Å². The van der Waals surface area contributed by atoms with Crippen LogP contribution < -0.4 is 37.2 Å². The molecule has 4 amide bonds. The highest BCUT2D eigenvalue weighted by molar-refractivity contribution is 6.02. The molecule has 0 atom stereocenters. The Bertz CT molecular complexity index is 4920. The Hall–Kier alpha value is -10.5. The van der Waals surface area contributed by atoms with Gasteiger partial charge < -0.3 is 56.5 Å². The minimum atomic E-state index is -0.273. The summed E-state index contributed by atoms with van der Waals surface area (Å²) in [5, 5.41) is 34.3. The number of aryl methyl sites for hydroxylation is 6. The Morgan fingerprint density at radius 2 is 0.904 bits per heavy atom. The maximum Gasteiger partial charge on any atom is 0.251 e. The van der Waals surface area contributed by atoms with E-state index in [1.54, 1.807) is 30.3 Å². The number of anilines is 2. The number of rotatable bonds is 25. The minimum Gasteiger partial charge on any atom is -0.381 e. The summed E-state index contributed by atoms with van der Waals surface area (Å²) in [6, 6.07) is 43.4. The summed E-state index contributed by atoms with van der Waals surface area (Å²) < 4.78 is 15.0. The summed E-state index contributed by atoms with van der Waals surface area (Å²) in [7, 11) is 4.37. The zero-order valence-electron chi connectivity index (χ0n) is 67.1. The topological polar surface area (TPSA) is 259 Å². The van der Waals surface area contributed by atoms with Crippen LogP contribution in [0, 0.1) is 13.8 Å². The molecule has 14 rings (SSSR count). The van der Waals surface area contributed by atoms with E-state index < -0.39 is 0 Å². The van der Waals surface area contributed by atoms with E-state index >= 15 is 0 Å². The first-order valence-electron chi connectivity index (χ1n) is 40.5. The van der Waals surface area contributed by atoms with Crippen LogP contribution in [0.5, 0.6) is 0 Å². The SMILES string of the molecule is C.CCc1nc2c(cnn2CC)c(NC2CCOCC2)c1CNC(=O)c1cc(C)cc(C(=O)NCc2cccc(-c3cccc(C=O)c3)c2)c1.CCc1nc2c(cnn2CC)c(NC2CCOCC2)c1CNC(=O)c1cc(C)cc(C(=O)NCc2cccc(-c3cccc(CN4CCCN(C)CC4)c3)c2)c1.CN1CCCNCC1. The third-order valence-electron chi connectivity index (χ3n) is 21.6. The first-order chi connectivity index (χ1) is 55.0. The lowest BCUT2D eigenvalue weighted by Crippen LogP contribution is -2.30. The molecular formula is C91H116N16O7. The summed E-state index contributed by atoms with van der Waals surface area (Å²) in [6.45, 7) is 27.8. The van der Waals surface area contributed by atoms with E-state index in [0.717, 1.165) is 166 Å². The molecule has 10 aromatic rings. The number of likely N-dealkylation sites (N-methyl/N-ethyl adjacent to an activating group) is 2. The lowest BCUT2D eigenvalue weighted by molar-refractivity contribution is 0.0903. The van der Waals surface area contributed by atoms with E-state index in [-0.39, 0.29) is 49.7 Å². The van der Waals surface area contributed by atoms with Gasteiger partial charge in [-0.3, -0.25) is 28.9 Å². The Balaban J connectivity index is 0.000000204. The van der Waals surface area contributed by atoms with Crippen molar-refractivity contribution >= 4 is 63.4 Å².